The molecule has 2 N–H and O–H groups in total. The zero-order valence-electron chi connectivity index (χ0n) is 13.3. The van der Waals surface area contributed by atoms with E-state index >= 15 is 0 Å². The first-order valence-corrected chi connectivity index (χ1v) is 8.88. The van der Waals surface area contributed by atoms with Crippen molar-refractivity contribution in [1.29, 1.82) is 0 Å². The van der Waals surface area contributed by atoms with Gasteiger partial charge in [-0.3, -0.25) is 4.79 Å². The number of aryl methyl sites for hydroxylation is 1. The van der Waals surface area contributed by atoms with Crippen LogP contribution in [0.15, 0.2) is 35.7 Å². The molecule has 1 aromatic heterocycles. The second-order valence-corrected chi connectivity index (χ2v) is 6.83. The van der Waals surface area contributed by atoms with Gasteiger partial charge in [0, 0.05) is 31.1 Å². The largest absolute Gasteiger partial charge is 0.331 e. The number of likely N-dealkylation sites (tertiary alicyclic amines) is 1. The van der Waals surface area contributed by atoms with Crippen molar-refractivity contribution in [3.05, 3.63) is 36.2 Å². The van der Waals surface area contributed by atoms with E-state index in [0.29, 0.717) is 5.75 Å². The molecule has 1 amide bonds. The smallest absolute Gasteiger partial charge is 0.234 e. The summed E-state index contributed by atoms with van der Waals surface area (Å²) >= 11 is 1.38. The van der Waals surface area contributed by atoms with Crippen LogP contribution in [0, 0.1) is 0 Å². The number of nitrogens with zero attached hydrogens (tertiary/aromatic N) is 3. The molecule has 1 aromatic carbocycles. The molecule has 0 radical (unpaired) electrons. The lowest BCUT2D eigenvalue weighted by Gasteiger charge is -2.12. The van der Waals surface area contributed by atoms with Crippen molar-refractivity contribution < 1.29 is 9.69 Å². The summed E-state index contributed by atoms with van der Waals surface area (Å²) in [6.07, 6.45) is 4.31. The number of carbonyl (C=O) groups excluding carboxylic acids is 1. The number of nitrogens with one attached hydrogen (secondary N) is 2. The Bertz CT molecular complexity index is 649. The van der Waals surface area contributed by atoms with Gasteiger partial charge >= 0.3 is 0 Å². The van der Waals surface area contributed by atoms with E-state index in [9.17, 15) is 4.79 Å². The predicted molar refractivity (Wildman–Crippen MR) is 90.4 cm³/mol. The monoisotopic (exact) mass is 332 g/mol. The fraction of sp³-hybridized carbons (Fsp3) is 0.438. The van der Waals surface area contributed by atoms with Gasteiger partial charge < -0.3 is 14.8 Å². The SMILES string of the molecule is Cn1cnnc1SCC(=O)Nc1ccc(C[NH+]2CCCC2)cc1. The van der Waals surface area contributed by atoms with E-state index in [0.717, 1.165) is 17.4 Å². The van der Waals surface area contributed by atoms with Crippen molar-refractivity contribution in [2.45, 2.75) is 24.5 Å². The number of anilines is 1. The Balaban J connectivity index is 1.47. The first-order chi connectivity index (χ1) is 11.2. The number of hydrogen-bond acceptors (Lipinski definition) is 4. The van der Waals surface area contributed by atoms with Gasteiger partial charge in [-0.05, 0) is 12.1 Å². The number of rotatable bonds is 6. The van der Waals surface area contributed by atoms with Crippen molar-refractivity contribution in [3.63, 3.8) is 0 Å². The lowest BCUT2D eigenvalue weighted by molar-refractivity contribution is -0.901. The summed E-state index contributed by atoms with van der Waals surface area (Å²) in [5, 5.41) is 11.4. The maximum atomic E-state index is 12.0. The molecule has 0 bridgehead atoms. The quantitative estimate of drug-likeness (QED) is 0.766. The Morgan fingerprint density at radius 3 is 2.70 bits per heavy atom. The van der Waals surface area contributed by atoms with E-state index in [1.807, 2.05) is 19.2 Å². The zero-order valence-corrected chi connectivity index (χ0v) is 14.1. The fourth-order valence-corrected chi connectivity index (χ4v) is 3.46. The summed E-state index contributed by atoms with van der Waals surface area (Å²) in [4.78, 5) is 13.6. The highest BCUT2D eigenvalue weighted by atomic mass is 32.2. The van der Waals surface area contributed by atoms with Gasteiger partial charge in [0.1, 0.15) is 12.9 Å². The minimum atomic E-state index is -0.0316. The molecule has 0 atom stereocenters. The molecule has 1 aliphatic rings. The average molecular weight is 332 g/mol. The molecule has 2 heterocycles. The topological polar surface area (TPSA) is 64.2 Å². The summed E-state index contributed by atoms with van der Waals surface area (Å²) in [5.74, 6) is 0.294. The Kier molecular flexibility index (Phi) is 5.30. The van der Waals surface area contributed by atoms with Crippen LogP contribution in [-0.4, -0.2) is 39.5 Å². The number of amides is 1. The molecule has 0 saturated carbocycles. The standard InChI is InChI=1S/C16H21N5OS/c1-20-12-17-19-16(20)23-11-15(22)18-14-6-4-13(5-7-14)10-21-8-2-3-9-21/h4-7,12H,2-3,8-11H2,1H3,(H,18,22)/p+1. The van der Waals surface area contributed by atoms with Gasteiger partial charge in [-0.15, -0.1) is 10.2 Å². The van der Waals surface area contributed by atoms with Gasteiger partial charge in [-0.1, -0.05) is 23.9 Å². The van der Waals surface area contributed by atoms with Gasteiger partial charge in [0.2, 0.25) is 5.91 Å². The summed E-state index contributed by atoms with van der Waals surface area (Å²) in [6.45, 7) is 3.63. The molecule has 0 aliphatic carbocycles. The maximum absolute atomic E-state index is 12.0. The van der Waals surface area contributed by atoms with Crippen molar-refractivity contribution >= 4 is 23.4 Å². The summed E-state index contributed by atoms with van der Waals surface area (Å²) in [5.41, 5.74) is 2.17. The third kappa shape index (κ3) is 4.56. The van der Waals surface area contributed by atoms with Crippen molar-refractivity contribution in [3.8, 4) is 0 Å². The number of thioether (sulfide) groups is 1. The highest BCUT2D eigenvalue weighted by molar-refractivity contribution is 7.99. The first kappa shape index (κ1) is 16.0. The lowest BCUT2D eigenvalue weighted by atomic mass is 10.2. The minimum absolute atomic E-state index is 0.0316. The van der Waals surface area contributed by atoms with Crippen LogP contribution in [0.2, 0.25) is 0 Å². The molecule has 1 fully saturated rings. The van der Waals surface area contributed by atoms with Crippen LogP contribution in [0.4, 0.5) is 5.69 Å². The van der Waals surface area contributed by atoms with Gasteiger partial charge in [0.15, 0.2) is 5.16 Å². The number of hydrogen-bond donors (Lipinski definition) is 2. The molecule has 122 valence electrons. The van der Waals surface area contributed by atoms with Crippen LogP contribution in [-0.2, 0) is 18.4 Å². The van der Waals surface area contributed by atoms with Gasteiger partial charge in [-0.25, -0.2) is 0 Å². The Morgan fingerprint density at radius 2 is 2.04 bits per heavy atom. The molecule has 6 nitrogen and oxygen atoms in total. The third-order valence-corrected chi connectivity index (χ3v) is 5.04. The molecule has 1 aliphatic heterocycles. The highest BCUT2D eigenvalue weighted by Crippen LogP contribution is 2.15. The molecule has 1 saturated heterocycles. The number of carbonyl (C=O) groups is 1. The second kappa shape index (κ2) is 7.61. The van der Waals surface area contributed by atoms with E-state index < -0.39 is 0 Å². The van der Waals surface area contributed by atoms with Crippen LogP contribution in [0.25, 0.3) is 0 Å². The lowest BCUT2D eigenvalue weighted by Crippen LogP contribution is -3.08. The van der Waals surface area contributed by atoms with Crippen LogP contribution in [0.5, 0.6) is 0 Å². The molecule has 2 aromatic rings. The van der Waals surface area contributed by atoms with Gasteiger partial charge in [0.05, 0.1) is 18.8 Å². The van der Waals surface area contributed by atoms with E-state index in [4.69, 9.17) is 0 Å². The summed E-state index contributed by atoms with van der Waals surface area (Å²) < 4.78 is 1.80. The van der Waals surface area contributed by atoms with E-state index in [1.165, 1.54) is 43.3 Å². The van der Waals surface area contributed by atoms with E-state index in [-0.39, 0.29) is 5.91 Å². The maximum Gasteiger partial charge on any atom is 0.234 e. The Labute approximate surface area is 140 Å². The number of quaternary nitrogens is 1. The second-order valence-electron chi connectivity index (χ2n) is 5.89. The van der Waals surface area contributed by atoms with Gasteiger partial charge in [0.25, 0.3) is 0 Å². The van der Waals surface area contributed by atoms with Crippen LogP contribution < -0.4 is 10.2 Å². The van der Waals surface area contributed by atoms with Crippen LogP contribution >= 0.6 is 11.8 Å². The fourth-order valence-electron chi connectivity index (χ4n) is 2.78. The summed E-state index contributed by atoms with van der Waals surface area (Å²) in [6, 6.07) is 8.18. The molecule has 0 unspecified atom stereocenters. The molecule has 23 heavy (non-hydrogen) atoms. The third-order valence-electron chi connectivity index (χ3n) is 4.00. The number of benzene rings is 1. The Hall–Kier alpha value is -1.86. The first-order valence-electron chi connectivity index (χ1n) is 7.90. The minimum Gasteiger partial charge on any atom is -0.331 e. The highest BCUT2D eigenvalue weighted by Gasteiger charge is 2.15. The summed E-state index contributed by atoms with van der Waals surface area (Å²) in [7, 11) is 1.86. The van der Waals surface area contributed by atoms with Crippen molar-refractivity contribution in [2.75, 3.05) is 24.2 Å². The molecule has 7 heteroatoms. The normalized spacial score (nSPS) is 15.0. The Morgan fingerprint density at radius 1 is 1.30 bits per heavy atom. The zero-order chi connectivity index (χ0) is 16.1. The molecule has 3 rings (SSSR count). The molecular formula is C16H22N5OS+. The molecular weight excluding hydrogens is 310 g/mol. The average Bonchev–Trinajstić information content (AvgIpc) is 3.19. The van der Waals surface area contributed by atoms with Crippen molar-refractivity contribution in [2.24, 2.45) is 7.05 Å². The van der Waals surface area contributed by atoms with E-state index in [1.54, 1.807) is 15.8 Å². The number of aromatic nitrogens is 3. The van der Waals surface area contributed by atoms with E-state index in [2.05, 4.69) is 27.6 Å². The van der Waals surface area contributed by atoms with Crippen molar-refractivity contribution in [1.82, 2.24) is 14.8 Å². The van der Waals surface area contributed by atoms with Gasteiger partial charge in [-0.2, -0.15) is 0 Å². The predicted octanol–water partition coefficient (Wildman–Crippen LogP) is 0.725. The van der Waals surface area contributed by atoms with Crippen LogP contribution in [0.1, 0.15) is 18.4 Å². The van der Waals surface area contributed by atoms with Crippen LogP contribution in [0.3, 0.4) is 0 Å². The molecule has 0 spiro atoms.